The zero-order chi connectivity index (χ0) is 16.2. The van der Waals surface area contributed by atoms with Crippen molar-refractivity contribution in [2.24, 2.45) is 5.92 Å². The zero-order valence-electron chi connectivity index (χ0n) is 11.5. The topological polar surface area (TPSA) is 141 Å². The van der Waals surface area contributed by atoms with Crippen molar-refractivity contribution in [2.75, 3.05) is 19.3 Å². The number of nitrogens with zero attached hydrogens (tertiary/aromatic N) is 1. The lowest BCUT2D eigenvalue weighted by Crippen LogP contribution is -2.48. The molecule has 1 fully saturated rings. The van der Waals surface area contributed by atoms with E-state index < -0.39 is 46.2 Å². The van der Waals surface area contributed by atoms with Crippen LogP contribution in [0.25, 0.3) is 0 Å². The van der Waals surface area contributed by atoms with Gasteiger partial charge in [-0.05, 0) is 12.8 Å². The van der Waals surface area contributed by atoms with Gasteiger partial charge in [-0.2, -0.15) is 0 Å². The zero-order valence-corrected chi connectivity index (χ0v) is 12.3. The number of carboxylic acid groups (broad SMARTS) is 2. The predicted molar refractivity (Wildman–Crippen MR) is 71.0 cm³/mol. The van der Waals surface area contributed by atoms with Gasteiger partial charge < -0.3 is 15.5 Å². The molecule has 1 aliphatic rings. The van der Waals surface area contributed by atoms with E-state index in [2.05, 4.69) is 5.32 Å². The van der Waals surface area contributed by atoms with Crippen molar-refractivity contribution in [1.82, 2.24) is 9.62 Å². The monoisotopic (exact) mass is 322 g/mol. The number of carbonyl (C=O) groups is 3. The Bertz CT molecular complexity index is 523. The smallest absolute Gasteiger partial charge is 0.326 e. The lowest BCUT2D eigenvalue weighted by molar-refractivity contribution is -0.147. The minimum absolute atomic E-state index is 0.188. The number of amides is 1. The Hall–Kier alpha value is -1.68. The summed E-state index contributed by atoms with van der Waals surface area (Å²) >= 11 is 0. The molecule has 21 heavy (non-hydrogen) atoms. The second-order valence-corrected chi connectivity index (χ2v) is 6.92. The van der Waals surface area contributed by atoms with Gasteiger partial charge >= 0.3 is 11.9 Å². The van der Waals surface area contributed by atoms with Gasteiger partial charge in [0.1, 0.15) is 6.04 Å². The third-order valence-corrected chi connectivity index (χ3v) is 4.59. The number of piperidine rings is 1. The average molecular weight is 322 g/mol. The van der Waals surface area contributed by atoms with Crippen LogP contribution in [0.5, 0.6) is 0 Å². The van der Waals surface area contributed by atoms with Gasteiger partial charge in [-0.1, -0.05) is 0 Å². The summed E-state index contributed by atoms with van der Waals surface area (Å²) in [5.41, 5.74) is 0. The molecule has 0 bridgehead atoms. The summed E-state index contributed by atoms with van der Waals surface area (Å²) in [4.78, 5) is 33.3. The largest absolute Gasteiger partial charge is 0.481 e. The number of carbonyl (C=O) groups excluding carboxylic acids is 1. The van der Waals surface area contributed by atoms with E-state index in [9.17, 15) is 22.8 Å². The summed E-state index contributed by atoms with van der Waals surface area (Å²) in [6, 6.07) is -1.48. The molecule has 120 valence electrons. The fourth-order valence-electron chi connectivity index (χ4n) is 2.11. The van der Waals surface area contributed by atoms with E-state index in [1.165, 1.54) is 4.31 Å². The van der Waals surface area contributed by atoms with Gasteiger partial charge in [-0.15, -0.1) is 0 Å². The lowest BCUT2D eigenvalue weighted by atomic mass is 9.96. The van der Waals surface area contributed by atoms with Gasteiger partial charge in [0.05, 0.1) is 12.7 Å². The average Bonchev–Trinajstić information content (AvgIpc) is 2.36. The number of carboxylic acids is 2. The van der Waals surface area contributed by atoms with Crippen LogP contribution in [-0.4, -0.2) is 66.2 Å². The van der Waals surface area contributed by atoms with E-state index in [1.807, 2.05) is 0 Å². The fourth-order valence-corrected chi connectivity index (χ4v) is 2.99. The molecule has 1 heterocycles. The molecule has 1 amide bonds. The van der Waals surface area contributed by atoms with Gasteiger partial charge in [0.2, 0.25) is 15.9 Å². The SMILES string of the molecule is CS(=O)(=O)N1CCC(C(=O)N[C@H](CC(=O)O)C(=O)O)CC1. The van der Waals surface area contributed by atoms with Crippen LogP contribution in [0, 0.1) is 5.92 Å². The van der Waals surface area contributed by atoms with Gasteiger partial charge in [0.15, 0.2) is 0 Å². The quantitative estimate of drug-likeness (QED) is 0.552. The number of sulfonamides is 1. The van der Waals surface area contributed by atoms with Crippen molar-refractivity contribution in [2.45, 2.75) is 25.3 Å². The first-order valence-corrected chi connectivity index (χ1v) is 8.16. The van der Waals surface area contributed by atoms with E-state index in [-0.39, 0.29) is 25.9 Å². The van der Waals surface area contributed by atoms with E-state index in [4.69, 9.17) is 10.2 Å². The fraction of sp³-hybridized carbons (Fsp3) is 0.727. The molecule has 1 atom stereocenters. The second kappa shape index (κ2) is 6.85. The molecular weight excluding hydrogens is 304 g/mol. The van der Waals surface area contributed by atoms with Crippen LogP contribution < -0.4 is 5.32 Å². The molecule has 0 saturated carbocycles. The van der Waals surface area contributed by atoms with Crippen LogP contribution in [0.1, 0.15) is 19.3 Å². The normalized spacial score (nSPS) is 18.9. The Morgan fingerprint density at radius 3 is 2.14 bits per heavy atom. The Morgan fingerprint density at radius 2 is 1.76 bits per heavy atom. The van der Waals surface area contributed by atoms with Crippen LogP contribution in [0.4, 0.5) is 0 Å². The van der Waals surface area contributed by atoms with E-state index in [0.29, 0.717) is 0 Å². The van der Waals surface area contributed by atoms with Crippen LogP contribution in [0.15, 0.2) is 0 Å². The summed E-state index contributed by atoms with van der Waals surface area (Å²) < 4.78 is 23.9. The molecule has 9 nitrogen and oxygen atoms in total. The molecule has 3 N–H and O–H groups in total. The van der Waals surface area contributed by atoms with Gasteiger partial charge in [-0.25, -0.2) is 17.5 Å². The number of hydrogen-bond donors (Lipinski definition) is 3. The van der Waals surface area contributed by atoms with Crippen molar-refractivity contribution < 1.29 is 33.0 Å². The van der Waals surface area contributed by atoms with Crippen molar-refractivity contribution in [3.8, 4) is 0 Å². The summed E-state index contributed by atoms with van der Waals surface area (Å²) in [7, 11) is -3.30. The molecule has 0 aromatic rings. The molecule has 0 unspecified atom stereocenters. The number of hydrogen-bond acceptors (Lipinski definition) is 5. The lowest BCUT2D eigenvalue weighted by Gasteiger charge is -2.30. The molecule has 0 radical (unpaired) electrons. The molecule has 0 spiro atoms. The second-order valence-electron chi connectivity index (χ2n) is 4.93. The van der Waals surface area contributed by atoms with E-state index in [0.717, 1.165) is 6.26 Å². The van der Waals surface area contributed by atoms with Crippen LogP contribution in [-0.2, 0) is 24.4 Å². The Kier molecular flexibility index (Phi) is 5.67. The van der Waals surface area contributed by atoms with Crippen molar-refractivity contribution in [1.29, 1.82) is 0 Å². The summed E-state index contributed by atoms with van der Waals surface area (Å²) in [5.74, 6) is -3.82. The number of rotatable bonds is 6. The van der Waals surface area contributed by atoms with Crippen LogP contribution in [0.2, 0.25) is 0 Å². The Balaban J connectivity index is 2.57. The molecule has 1 rings (SSSR count). The third kappa shape index (κ3) is 5.31. The van der Waals surface area contributed by atoms with Crippen LogP contribution >= 0.6 is 0 Å². The molecule has 1 saturated heterocycles. The first-order chi connectivity index (χ1) is 9.61. The van der Waals surface area contributed by atoms with Crippen molar-refractivity contribution in [3.63, 3.8) is 0 Å². The maximum absolute atomic E-state index is 11.9. The minimum Gasteiger partial charge on any atom is -0.481 e. The summed E-state index contributed by atoms with van der Waals surface area (Å²) in [6.07, 6.45) is 0.931. The standard InChI is InChI=1S/C11H18N2O7S/c1-21(19,20)13-4-2-7(3-5-13)10(16)12-8(11(17)18)6-9(14)15/h7-8H,2-6H2,1H3,(H,12,16)(H,14,15)(H,17,18)/t8-/m1/s1. The van der Waals surface area contributed by atoms with E-state index in [1.54, 1.807) is 0 Å². The third-order valence-electron chi connectivity index (χ3n) is 3.29. The molecule has 10 heteroatoms. The van der Waals surface area contributed by atoms with Crippen molar-refractivity contribution >= 4 is 27.9 Å². The van der Waals surface area contributed by atoms with Gasteiger partial charge in [0.25, 0.3) is 0 Å². The number of nitrogens with one attached hydrogen (secondary N) is 1. The van der Waals surface area contributed by atoms with Gasteiger partial charge in [-0.3, -0.25) is 9.59 Å². The highest BCUT2D eigenvalue weighted by atomic mass is 32.2. The highest BCUT2D eigenvalue weighted by molar-refractivity contribution is 7.88. The molecule has 1 aliphatic heterocycles. The highest BCUT2D eigenvalue weighted by Crippen LogP contribution is 2.19. The molecule has 0 aromatic heterocycles. The minimum atomic E-state index is -3.30. The maximum Gasteiger partial charge on any atom is 0.326 e. The van der Waals surface area contributed by atoms with Crippen LogP contribution in [0.3, 0.4) is 0 Å². The van der Waals surface area contributed by atoms with E-state index >= 15 is 0 Å². The Labute approximate surface area is 122 Å². The summed E-state index contributed by atoms with van der Waals surface area (Å²) in [6.45, 7) is 0.376. The predicted octanol–water partition coefficient (Wildman–Crippen LogP) is -1.30. The molecular formula is C11H18N2O7S. The molecule has 0 aromatic carbocycles. The molecule has 0 aliphatic carbocycles. The van der Waals surface area contributed by atoms with Gasteiger partial charge in [0, 0.05) is 19.0 Å². The summed E-state index contributed by atoms with van der Waals surface area (Å²) in [5, 5.41) is 19.6. The highest BCUT2D eigenvalue weighted by Gasteiger charge is 2.31. The first kappa shape index (κ1) is 17.4. The van der Waals surface area contributed by atoms with Crippen molar-refractivity contribution in [3.05, 3.63) is 0 Å². The maximum atomic E-state index is 11.9. The Morgan fingerprint density at radius 1 is 1.24 bits per heavy atom. The number of aliphatic carboxylic acids is 2. The first-order valence-electron chi connectivity index (χ1n) is 6.31.